The van der Waals surface area contributed by atoms with Crippen molar-refractivity contribution in [2.24, 2.45) is 0 Å². The van der Waals surface area contributed by atoms with Crippen LogP contribution in [0.2, 0.25) is 0 Å². The van der Waals surface area contributed by atoms with E-state index in [1.807, 2.05) is 48.5 Å². The first-order valence-electron chi connectivity index (χ1n) is 7.80. The van der Waals surface area contributed by atoms with Gasteiger partial charge >= 0.3 is 0 Å². The SMILES string of the molecule is COCc1cccc(-c2nc(CSc3nc4ccccc4[nH]3)no2)c1. The maximum Gasteiger partial charge on any atom is 0.257 e. The molecule has 2 aromatic heterocycles. The van der Waals surface area contributed by atoms with Crippen LogP contribution >= 0.6 is 11.8 Å². The second-order valence-corrected chi connectivity index (χ2v) is 6.46. The molecule has 4 aromatic rings. The van der Waals surface area contributed by atoms with E-state index in [9.17, 15) is 0 Å². The van der Waals surface area contributed by atoms with Crippen molar-refractivity contribution in [3.8, 4) is 11.5 Å². The van der Waals surface area contributed by atoms with Gasteiger partial charge in [-0.1, -0.05) is 41.2 Å². The second kappa shape index (κ2) is 7.08. The van der Waals surface area contributed by atoms with Gasteiger partial charge in [0.05, 0.1) is 23.4 Å². The molecule has 0 aliphatic rings. The van der Waals surface area contributed by atoms with Crippen LogP contribution in [0.25, 0.3) is 22.5 Å². The van der Waals surface area contributed by atoms with E-state index < -0.39 is 0 Å². The molecule has 0 unspecified atom stereocenters. The number of benzene rings is 2. The topological polar surface area (TPSA) is 76.8 Å². The van der Waals surface area contributed by atoms with Crippen LogP contribution in [0, 0.1) is 0 Å². The molecular formula is C18H16N4O2S. The minimum absolute atomic E-state index is 0.512. The number of hydrogen-bond acceptors (Lipinski definition) is 6. The van der Waals surface area contributed by atoms with Crippen molar-refractivity contribution < 1.29 is 9.26 Å². The summed E-state index contributed by atoms with van der Waals surface area (Å²) in [6.45, 7) is 0.552. The quantitative estimate of drug-likeness (QED) is 0.528. The van der Waals surface area contributed by atoms with Gasteiger partial charge in [-0.25, -0.2) is 4.98 Å². The van der Waals surface area contributed by atoms with Gasteiger partial charge in [0.1, 0.15) is 0 Å². The number of aromatic nitrogens is 4. The second-order valence-electron chi connectivity index (χ2n) is 5.50. The number of nitrogens with one attached hydrogen (secondary N) is 1. The predicted molar refractivity (Wildman–Crippen MR) is 96.1 cm³/mol. The zero-order valence-electron chi connectivity index (χ0n) is 13.6. The lowest BCUT2D eigenvalue weighted by Gasteiger charge is -2.00. The number of imidazole rings is 1. The van der Waals surface area contributed by atoms with Gasteiger partial charge in [-0.2, -0.15) is 4.98 Å². The molecule has 0 aliphatic carbocycles. The molecule has 7 heteroatoms. The van der Waals surface area contributed by atoms with Gasteiger partial charge in [0, 0.05) is 12.7 Å². The molecule has 25 heavy (non-hydrogen) atoms. The van der Waals surface area contributed by atoms with Gasteiger partial charge in [-0.3, -0.25) is 0 Å². The summed E-state index contributed by atoms with van der Waals surface area (Å²) >= 11 is 1.55. The van der Waals surface area contributed by atoms with E-state index in [0.717, 1.165) is 27.3 Å². The maximum atomic E-state index is 5.39. The number of hydrogen-bond donors (Lipinski definition) is 1. The Hall–Kier alpha value is -2.64. The molecule has 0 fully saturated rings. The maximum absolute atomic E-state index is 5.39. The highest BCUT2D eigenvalue weighted by Crippen LogP contribution is 2.24. The van der Waals surface area contributed by atoms with E-state index in [2.05, 4.69) is 20.1 Å². The number of H-pyrrole nitrogens is 1. The molecule has 0 bridgehead atoms. The third kappa shape index (κ3) is 3.57. The molecule has 2 heterocycles. The standard InChI is InChI=1S/C18H16N4O2S/c1-23-10-12-5-4-6-13(9-12)17-21-16(22-24-17)11-25-18-19-14-7-2-3-8-15(14)20-18/h2-9H,10-11H2,1H3,(H,19,20). The summed E-state index contributed by atoms with van der Waals surface area (Å²) in [6, 6.07) is 15.8. The van der Waals surface area contributed by atoms with Crippen LogP contribution in [-0.4, -0.2) is 27.2 Å². The van der Waals surface area contributed by atoms with Crippen molar-refractivity contribution in [2.75, 3.05) is 7.11 Å². The van der Waals surface area contributed by atoms with Crippen LogP contribution in [-0.2, 0) is 17.1 Å². The van der Waals surface area contributed by atoms with Gasteiger partial charge in [-0.15, -0.1) is 0 Å². The van der Waals surface area contributed by atoms with Gasteiger partial charge in [-0.05, 0) is 29.8 Å². The van der Waals surface area contributed by atoms with E-state index in [1.165, 1.54) is 0 Å². The fourth-order valence-electron chi connectivity index (χ4n) is 2.52. The Bertz CT molecular complexity index is 962. The van der Waals surface area contributed by atoms with E-state index >= 15 is 0 Å². The first-order chi connectivity index (χ1) is 12.3. The predicted octanol–water partition coefficient (Wildman–Crippen LogP) is 4.05. The summed E-state index contributed by atoms with van der Waals surface area (Å²) < 4.78 is 10.5. The largest absolute Gasteiger partial charge is 0.380 e. The van der Waals surface area contributed by atoms with E-state index in [0.29, 0.717) is 24.1 Å². The fraction of sp³-hybridized carbons (Fsp3) is 0.167. The molecule has 6 nitrogen and oxygen atoms in total. The highest BCUT2D eigenvalue weighted by Gasteiger charge is 2.11. The minimum Gasteiger partial charge on any atom is -0.380 e. The molecule has 0 radical (unpaired) electrons. The van der Waals surface area contributed by atoms with Crippen LogP contribution in [0.5, 0.6) is 0 Å². The number of para-hydroxylation sites is 2. The van der Waals surface area contributed by atoms with E-state index in [4.69, 9.17) is 9.26 Å². The number of aromatic amines is 1. The van der Waals surface area contributed by atoms with Crippen molar-refractivity contribution in [2.45, 2.75) is 17.5 Å². The Labute approximate surface area is 148 Å². The third-order valence-corrected chi connectivity index (χ3v) is 4.53. The van der Waals surface area contributed by atoms with Crippen LogP contribution in [0.3, 0.4) is 0 Å². The van der Waals surface area contributed by atoms with Crippen LogP contribution in [0.4, 0.5) is 0 Å². The van der Waals surface area contributed by atoms with Gasteiger partial charge < -0.3 is 14.2 Å². The minimum atomic E-state index is 0.512. The number of nitrogens with zero attached hydrogens (tertiary/aromatic N) is 3. The molecule has 0 spiro atoms. The molecule has 0 saturated carbocycles. The zero-order chi connectivity index (χ0) is 17.1. The van der Waals surface area contributed by atoms with Gasteiger partial charge in [0.25, 0.3) is 5.89 Å². The zero-order valence-corrected chi connectivity index (χ0v) is 14.4. The molecule has 126 valence electrons. The Kier molecular flexibility index (Phi) is 4.49. The number of rotatable bonds is 6. The average molecular weight is 352 g/mol. The Morgan fingerprint density at radius 3 is 2.92 bits per heavy atom. The first-order valence-corrected chi connectivity index (χ1v) is 8.79. The molecule has 0 amide bonds. The highest BCUT2D eigenvalue weighted by molar-refractivity contribution is 7.98. The molecule has 2 aromatic carbocycles. The van der Waals surface area contributed by atoms with Gasteiger partial charge in [0.15, 0.2) is 11.0 Å². The summed E-state index contributed by atoms with van der Waals surface area (Å²) in [5, 5.41) is 4.90. The Morgan fingerprint density at radius 1 is 1.12 bits per heavy atom. The number of ether oxygens (including phenoxy) is 1. The van der Waals surface area contributed by atoms with Crippen LogP contribution in [0.15, 0.2) is 58.2 Å². The van der Waals surface area contributed by atoms with E-state index in [1.54, 1.807) is 18.9 Å². The lowest BCUT2D eigenvalue weighted by atomic mass is 10.1. The average Bonchev–Trinajstić information content (AvgIpc) is 3.27. The molecule has 0 saturated heterocycles. The van der Waals surface area contributed by atoms with Crippen LogP contribution in [0.1, 0.15) is 11.4 Å². The fourth-order valence-corrected chi connectivity index (χ4v) is 3.25. The lowest BCUT2D eigenvalue weighted by Crippen LogP contribution is -1.88. The lowest BCUT2D eigenvalue weighted by molar-refractivity contribution is 0.185. The molecule has 4 rings (SSSR count). The van der Waals surface area contributed by atoms with Crippen molar-refractivity contribution >= 4 is 22.8 Å². The van der Waals surface area contributed by atoms with Crippen molar-refractivity contribution in [3.05, 3.63) is 59.9 Å². The summed E-state index contributed by atoms with van der Waals surface area (Å²) in [6.07, 6.45) is 0. The van der Waals surface area contributed by atoms with Crippen molar-refractivity contribution in [1.82, 2.24) is 20.1 Å². The monoisotopic (exact) mass is 352 g/mol. The molecule has 0 atom stereocenters. The number of fused-ring (bicyclic) bond motifs is 1. The summed E-state index contributed by atoms with van der Waals surface area (Å²) in [5.41, 5.74) is 3.93. The third-order valence-electron chi connectivity index (χ3n) is 3.66. The van der Waals surface area contributed by atoms with Crippen LogP contribution < -0.4 is 0 Å². The number of thioether (sulfide) groups is 1. The Morgan fingerprint density at radius 2 is 2.04 bits per heavy atom. The number of methoxy groups -OCH3 is 1. The smallest absolute Gasteiger partial charge is 0.257 e. The van der Waals surface area contributed by atoms with E-state index in [-0.39, 0.29) is 0 Å². The highest BCUT2D eigenvalue weighted by atomic mass is 32.2. The molecule has 0 aliphatic heterocycles. The summed E-state index contributed by atoms with van der Waals surface area (Å²) in [4.78, 5) is 12.3. The first kappa shape index (κ1) is 15.9. The van der Waals surface area contributed by atoms with Gasteiger partial charge in [0.2, 0.25) is 0 Å². The van der Waals surface area contributed by atoms with Crippen molar-refractivity contribution in [1.29, 1.82) is 0 Å². The normalized spacial score (nSPS) is 11.2. The summed E-state index contributed by atoms with van der Waals surface area (Å²) in [5.74, 6) is 1.73. The van der Waals surface area contributed by atoms with Crippen molar-refractivity contribution in [3.63, 3.8) is 0 Å². The summed E-state index contributed by atoms with van der Waals surface area (Å²) in [7, 11) is 1.67. The molecular weight excluding hydrogens is 336 g/mol. The molecule has 1 N–H and O–H groups in total. The Balaban J connectivity index is 1.47.